The Labute approximate surface area is 222 Å². The van der Waals surface area contributed by atoms with Crippen LogP contribution in [0.2, 0.25) is 10.0 Å². The Morgan fingerprint density at radius 1 is 1.06 bits per heavy atom. The largest absolute Gasteiger partial charge is 0.354 e. The molecule has 0 bridgehead atoms. The fraction of sp³-hybridized carbons (Fsp3) is 0.444. The Morgan fingerprint density at radius 2 is 1.69 bits per heavy atom. The van der Waals surface area contributed by atoms with Crippen molar-refractivity contribution in [3.8, 4) is 0 Å². The molecule has 7 nitrogen and oxygen atoms in total. The monoisotopic (exact) mass is 530 g/mol. The molecule has 0 radical (unpaired) electrons. The van der Waals surface area contributed by atoms with Crippen molar-refractivity contribution in [3.63, 3.8) is 0 Å². The van der Waals surface area contributed by atoms with Crippen LogP contribution in [-0.2, 0) is 9.59 Å². The molecule has 4 rings (SSSR count). The maximum Gasteiger partial charge on any atom is 0.253 e. The molecule has 192 valence electrons. The standard InChI is InChI=1S/C27H32Cl2N4O3/c1-3-19(2)16-30-24(34)17-32-18-33(23-7-5-4-6-8-23)27(26(32)36)9-11-31(12-10-27)25(35)20-13-21(28)15-22(29)14-20/h4-8,13-15,19H,3,9-12,16-18H2,1-2H3,(H,30,34). The van der Waals surface area contributed by atoms with Crippen molar-refractivity contribution < 1.29 is 14.4 Å². The minimum absolute atomic E-state index is 0.0179. The van der Waals surface area contributed by atoms with Gasteiger partial charge in [0.25, 0.3) is 11.8 Å². The fourth-order valence-electron chi connectivity index (χ4n) is 4.92. The van der Waals surface area contributed by atoms with Gasteiger partial charge in [-0.25, -0.2) is 0 Å². The van der Waals surface area contributed by atoms with Crippen molar-refractivity contribution in [2.45, 2.75) is 38.6 Å². The van der Waals surface area contributed by atoms with Crippen molar-refractivity contribution in [2.24, 2.45) is 5.92 Å². The summed E-state index contributed by atoms with van der Waals surface area (Å²) in [7, 11) is 0. The van der Waals surface area contributed by atoms with Crippen molar-refractivity contribution >= 4 is 46.6 Å². The second kappa shape index (κ2) is 11.1. The summed E-state index contributed by atoms with van der Waals surface area (Å²) in [5, 5.41) is 3.76. The van der Waals surface area contributed by atoms with E-state index in [2.05, 4.69) is 24.1 Å². The summed E-state index contributed by atoms with van der Waals surface area (Å²) >= 11 is 12.2. The predicted molar refractivity (Wildman–Crippen MR) is 142 cm³/mol. The zero-order chi connectivity index (χ0) is 25.9. The summed E-state index contributed by atoms with van der Waals surface area (Å²) < 4.78 is 0. The molecule has 2 aliphatic rings. The van der Waals surface area contributed by atoms with E-state index < -0.39 is 5.54 Å². The van der Waals surface area contributed by atoms with Crippen LogP contribution in [0.1, 0.15) is 43.5 Å². The third kappa shape index (κ3) is 5.47. The topological polar surface area (TPSA) is 73.0 Å². The number of halogens is 2. The quantitative estimate of drug-likeness (QED) is 0.574. The number of hydrogen-bond donors (Lipinski definition) is 1. The van der Waals surface area contributed by atoms with Crippen LogP contribution in [0.3, 0.4) is 0 Å². The number of carbonyl (C=O) groups is 3. The van der Waals surface area contributed by atoms with E-state index in [1.54, 1.807) is 28.0 Å². The Morgan fingerprint density at radius 3 is 2.31 bits per heavy atom. The SMILES string of the molecule is CCC(C)CNC(=O)CN1CN(c2ccccc2)C2(CCN(C(=O)c3cc(Cl)cc(Cl)c3)CC2)C1=O. The van der Waals surface area contributed by atoms with Crippen LogP contribution in [0.5, 0.6) is 0 Å². The van der Waals surface area contributed by atoms with Gasteiger partial charge >= 0.3 is 0 Å². The van der Waals surface area contributed by atoms with E-state index in [4.69, 9.17) is 23.2 Å². The van der Waals surface area contributed by atoms with Gasteiger partial charge in [0.2, 0.25) is 5.91 Å². The molecule has 2 saturated heterocycles. The molecule has 2 heterocycles. The molecule has 2 aliphatic heterocycles. The minimum atomic E-state index is -0.804. The van der Waals surface area contributed by atoms with E-state index in [1.807, 2.05) is 30.3 Å². The lowest BCUT2D eigenvalue weighted by Gasteiger charge is -2.43. The fourth-order valence-corrected chi connectivity index (χ4v) is 5.45. The zero-order valence-electron chi connectivity index (χ0n) is 20.7. The second-order valence-corrected chi connectivity index (χ2v) is 10.6. The summed E-state index contributed by atoms with van der Waals surface area (Å²) in [6, 6.07) is 14.6. The number of likely N-dealkylation sites (tertiary alicyclic amines) is 1. The molecule has 0 aliphatic carbocycles. The zero-order valence-corrected chi connectivity index (χ0v) is 22.2. The number of hydrogen-bond acceptors (Lipinski definition) is 4. The average Bonchev–Trinajstić information content (AvgIpc) is 3.13. The smallest absolute Gasteiger partial charge is 0.253 e. The summed E-state index contributed by atoms with van der Waals surface area (Å²) in [4.78, 5) is 45.0. The van der Waals surface area contributed by atoms with Crippen molar-refractivity contribution in [1.29, 1.82) is 0 Å². The number of nitrogens with one attached hydrogen (secondary N) is 1. The van der Waals surface area contributed by atoms with Crippen LogP contribution in [0, 0.1) is 5.92 Å². The first kappa shape index (κ1) is 26.3. The van der Waals surface area contributed by atoms with Gasteiger partial charge < -0.3 is 20.0 Å². The van der Waals surface area contributed by atoms with Gasteiger partial charge in [0.15, 0.2) is 0 Å². The van der Waals surface area contributed by atoms with Crippen molar-refractivity contribution in [3.05, 3.63) is 64.1 Å². The van der Waals surface area contributed by atoms with Gasteiger partial charge in [-0.3, -0.25) is 14.4 Å². The number of nitrogens with zero attached hydrogens (tertiary/aromatic N) is 3. The highest BCUT2D eigenvalue weighted by molar-refractivity contribution is 6.35. The molecule has 0 aromatic heterocycles. The lowest BCUT2D eigenvalue weighted by molar-refractivity contribution is -0.137. The molecule has 0 saturated carbocycles. The lowest BCUT2D eigenvalue weighted by atomic mass is 9.85. The van der Waals surface area contributed by atoms with Crippen LogP contribution < -0.4 is 10.2 Å². The Hall–Kier alpha value is -2.77. The molecule has 1 unspecified atom stereocenters. The number of anilines is 1. The number of rotatable bonds is 7. The minimum Gasteiger partial charge on any atom is -0.354 e. The van der Waals surface area contributed by atoms with Crippen LogP contribution >= 0.6 is 23.2 Å². The van der Waals surface area contributed by atoms with E-state index in [9.17, 15) is 14.4 Å². The van der Waals surface area contributed by atoms with Gasteiger partial charge in [-0.1, -0.05) is 61.7 Å². The third-order valence-electron chi connectivity index (χ3n) is 7.25. The maximum absolute atomic E-state index is 13.8. The van der Waals surface area contributed by atoms with Gasteiger partial charge in [-0.2, -0.15) is 0 Å². The molecule has 2 fully saturated rings. The van der Waals surface area contributed by atoms with Gasteiger partial charge in [0.1, 0.15) is 12.1 Å². The number of amides is 3. The highest BCUT2D eigenvalue weighted by Gasteiger charge is 2.54. The molecule has 3 amide bonds. The van der Waals surface area contributed by atoms with Gasteiger partial charge in [0.05, 0.1) is 6.67 Å². The van der Waals surface area contributed by atoms with E-state index in [0.717, 1.165) is 12.1 Å². The average molecular weight is 531 g/mol. The highest BCUT2D eigenvalue weighted by atomic mass is 35.5. The number of benzene rings is 2. The molecule has 1 atom stereocenters. The molecule has 36 heavy (non-hydrogen) atoms. The first-order valence-corrected chi connectivity index (χ1v) is 13.1. The van der Waals surface area contributed by atoms with Crippen LogP contribution in [-0.4, -0.2) is 65.9 Å². The molecule has 2 aromatic carbocycles. The second-order valence-electron chi connectivity index (χ2n) is 9.71. The normalized spacial score (nSPS) is 18.0. The lowest BCUT2D eigenvalue weighted by Crippen LogP contribution is -2.57. The molecule has 2 aromatic rings. The Bertz CT molecular complexity index is 1100. The highest BCUT2D eigenvalue weighted by Crippen LogP contribution is 2.39. The van der Waals surface area contributed by atoms with Gasteiger partial charge in [-0.15, -0.1) is 0 Å². The summed E-state index contributed by atoms with van der Waals surface area (Å²) in [6.07, 6.45) is 1.90. The first-order chi connectivity index (χ1) is 17.2. The summed E-state index contributed by atoms with van der Waals surface area (Å²) in [5.41, 5.74) is 0.552. The molecule has 9 heteroatoms. The molecule has 1 N–H and O–H groups in total. The van der Waals surface area contributed by atoms with E-state index >= 15 is 0 Å². The number of para-hydroxylation sites is 1. The number of carbonyl (C=O) groups excluding carboxylic acids is 3. The van der Waals surface area contributed by atoms with Gasteiger partial charge in [0, 0.05) is 40.9 Å². The third-order valence-corrected chi connectivity index (χ3v) is 7.68. The summed E-state index contributed by atoms with van der Waals surface area (Å²) in [5.74, 6) is 0.000896. The summed E-state index contributed by atoms with van der Waals surface area (Å²) in [6.45, 7) is 5.93. The number of piperidine rings is 1. The van der Waals surface area contributed by atoms with E-state index in [-0.39, 0.29) is 24.3 Å². The van der Waals surface area contributed by atoms with Crippen molar-refractivity contribution in [2.75, 3.05) is 37.7 Å². The van der Waals surface area contributed by atoms with Crippen LogP contribution in [0.15, 0.2) is 48.5 Å². The molecular weight excluding hydrogens is 499 g/mol. The maximum atomic E-state index is 13.8. The Balaban J connectivity index is 1.51. The predicted octanol–water partition coefficient (Wildman–Crippen LogP) is 4.44. The van der Waals surface area contributed by atoms with E-state index in [1.165, 1.54) is 0 Å². The Kier molecular flexibility index (Phi) is 8.10. The van der Waals surface area contributed by atoms with Crippen molar-refractivity contribution in [1.82, 2.24) is 15.1 Å². The first-order valence-electron chi connectivity index (χ1n) is 12.4. The molecule has 1 spiro atoms. The van der Waals surface area contributed by atoms with E-state index in [0.29, 0.717) is 60.7 Å². The van der Waals surface area contributed by atoms with Gasteiger partial charge in [-0.05, 0) is 49.1 Å². The molecular formula is C27H32Cl2N4O3. The van der Waals surface area contributed by atoms with Crippen LogP contribution in [0.25, 0.3) is 0 Å². The van der Waals surface area contributed by atoms with Crippen LogP contribution in [0.4, 0.5) is 5.69 Å².